The van der Waals surface area contributed by atoms with Gasteiger partial charge in [-0.15, -0.1) is 0 Å². The number of nitrogens with zero attached hydrogens (tertiary/aromatic N) is 2. The second kappa shape index (κ2) is 6.67. The number of carbonyl (C=O) groups is 2. The average Bonchev–Trinajstić information content (AvgIpc) is 2.46. The summed E-state index contributed by atoms with van der Waals surface area (Å²) >= 11 is 0. The summed E-state index contributed by atoms with van der Waals surface area (Å²) in [5.41, 5.74) is 0.763. The number of carbonyl (C=O) groups excluding carboxylic acids is 1. The van der Waals surface area contributed by atoms with Crippen molar-refractivity contribution in [2.75, 3.05) is 19.7 Å². The molecular formula is C15H20N2O4. The van der Waals surface area contributed by atoms with Crippen molar-refractivity contribution in [3.05, 3.63) is 29.1 Å². The first-order chi connectivity index (χ1) is 10.0. The van der Waals surface area contributed by atoms with Crippen molar-refractivity contribution in [3.8, 4) is 0 Å². The third kappa shape index (κ3) is 3.58. The van der Waals surface area contributed by atoms with Crippen LogP contribution in [0.4, 0.5) is 0 Å². The molecule has 1 aromatic heterocycles. The minimum atomic E-state index is -1.03. The van der Waals surface area contributed by atoms with Crippen LogP contribution in [-0.2, 0) is 4.74 Å². The number of hydrogen-bond donors (Lipinski definition) is 1. The fraction of sp³-hybridized carbons (Fsp3) is 0.533. The number of ether oxygens (including phenoxy) is 1. The first-order valence-corrected chi connectivity index (χ1v) is 7.14. The molecule has 2 rings (SSSR count). The number of hydrogen-bond acceptors (Lipinski definition) is 4. The number of aromatic nitrogens is 1. The lowest BCUT2D eigenvalue weighted by atomic mass is 10.1. The van der Waals surface area contributed by atoms with Gasteiger partial charge in [-0.25, -0.2) is 9.78 Å². The Morgan fingerprint density at radius 2 is 2.24 bits per heavy atom. The molecule has 1 fully saturated rings. The number of likely N-dealkylation sites (tertiary alicyclic amines) is 1. The molecule has 0 spiro atoms. The van der Waals surface area contributed by atoms with Gasteiger partial charge in [0.15, 0.2) is 0 Å². The zero-order valence-corrected chi connectivity index (χ0v) is 12.3. The second-order valence-corrected chi connectivity index (χ2v) is 5.11. The van der Waals surface area contributed by atoms with Gasteiger partial charge in [-0.1, -0.05) is 0 Å². The Hall–Kier alpha value is -1.95. The highest BCUT2D eigenvalue weighted by atomic mass is 16.5. The molecule has 1 saturated heterocycles. The Labute approximate surface area is 123 Å². The molecule has 114 valence electrons. The number of pyridine rings is 1. The molecular weight excluding hydrogens is 272 g/mol. The highest BCUT2D eigenvalue weighted by molar-refractivity contribution is 5.94. The number of aryl methyl sites for hydroxylation is 1. The van der Waals surface area contributed by atoms with Crippen molar-refractivity contribution in [1.82, 2.24) is 9.88 Å². The summed E-state index contributed by atoms with van der Waals surface area (Å²) in [4.78, 5) is 29.3. The molecule has 1 atom stereocenters. The summed E-state index contributed by atoms with van der Waals surface area (Å²) in [6, 6.07) is 2.91. The van der Waals surface area contributed by atoms with Gasteiger partial charge in [0.05, 0.1) is 17.4 Å². The van der Waals surface area contributed by atoms with Gasteiger partial charge >= 0.3 is 5.97 Å². The van der Waals surface area contributed by atoms with E-state index in [4.69, 9.17) is 9.84 Å². The normalized spacial score (nSPS) is 18.6. The Bertz CT molecular complexity index is 542. The summed E-state index contributed by atoms with van der Waals surface area (Å²) in [6.07, 6.45) is 1.94. The van der Waals surface area contributed by atoms with E-state index in [9.17, 15) is 9.59 Å². The molecule has 1 aliphatic rings. The van der Waals surface area contributed by atoms with E-state index in [1.807, 2.05) is 6.92 Å². The number of aromatic carboxylic acids is 1. The Kier molecular flexibility index (Phi) is 4.90. The highest BCUT2D eigenvalue weighted by Crippen LogP contribution is 2.16. The van der Waals surface area contributed by atoms with Crippen LogP contribution in [0, 0.1) is 6.92 Å². The first kappa shape index (κ1) is 15.4. The van der Waals surface area contributed by atoms with Crippen LogP contribution in [0.3, 0.4) is 0 Å². The summed E-state index contributed by atoms with van der Waals surface area (Å²) in [5.74, 6) is -1.20. The molecule has 0 aromatic carbocycles. The zero-order chi connectivity index (χ0) is 15.4. The quantitative estimate of drug-likeness (QED) is 0.914. The fourth-order valence-corrected chi connectivity index (χ4v) is 2.56. The summed E-state index contributed by atoms with van der Waals surface area (Å²) in [6.45, 7) is 5.42. The predicted molar refractivity (Wildman–Crippen MR) is 76.5 cm³/mol. The topological polar surface area (TPSA) is 79.7 Å². The van der Waals surface area contributed by atoms with Crippen molar-refractivity contribution in [2.45, 2.75) is 32.8 Å². The summed E-state index contributed by atoms with van der Waals surface area (Å²) < 4.78 is 5.58. The van der Waals surface area contributed by atoms with Gasteiger partial charge < -0.3 is 14.7 Å². The zero-order valence-electron chi connectivity index (χ0n) is 12.3. The maximum Gasteiger partial charge on any atom is 0.337 e. The molecule has 1 unspecified atom stereocenters. The lowest BCUT2D eigenvalue weighted by Gasteiger charge is -2.32. The van der Waals surface area contributed by atoms with Gasteiger partial charge in [-0.05, 0) is 38.8 Å². The van der Waals surface area contributed by atoms with E-state index in [1.165, 1.54) is 12.1 Å². The smallest absolute Gasteiger partial charge is 0.337 e. The number of piperidine rings is 1. The van der Waals surface area contributed by atoms with Crippen LogP contribution in [0.5, 0.6) is 0 Å². The van der Waals surface area contributed by atoms with E-state index in [0.29, 0.717) is 25.4 Å². The van der Waals surface area contributed by atoms with E-state index < -0.39 is 5.97 Å². The summed E-state index contributed by atoms with van der Waals surface area (Å²) in [7, 11) is 0. The maximum absolute atomic E-state index is 12.4. The van der Waals surface area contributed by atoms with Gasteiger partial charge in [0.1, 0.15) is 5.69 Å². The lowest BCUT2D eigenvalue weighted by molar-refractivity contribution is 0.00702. The number of rotatable bonds is 4. The number of carboxylic acids is 1. The Balaban J connectivity index is 2.12. The fourth-order valence-electron chi connectivity index (χ4n) is 2.56. The van der Waals surface area contributed by atoms with Crippen LogP contribution in [0.2, 0.25) is 0 Å². The van der Waals surface area contributed by atoms with Crippen LogP contribution >= 0.6 is 0 Å². The molecule has 0 bridgehead atoms. The third-order valence-electron chi connectivity index (χ3n) is 3.60. The summed E-state index contributed by atoms with van der Waals surface area (Å²) in [5, 5.41) is 8.99. The second-order valence-electron chi connectivity index (χ2n) is 5.11. The van der Waals surface area contributed by atoms with E-state index >= 15 is 0 Å². The van der Waals surface area contributed by atoms with Crippen molar-refractivity contribution in [1.29, 1.82) is 0 Å². The third-order valence-corrected chi connectivity index (χ3v) is 3.60. The average molecular weight is 292 g/mol. The minimum Gasteiger partial charge on any atom is -0.478 e. The van der Waals surface area contributed by atoms with Gasteiger partial charge in [0.2, 0.25) is 0 Å². The van der Waals surface area contributed by atoms with Crippen LogP contribution in [0.15, 0.2) is 12.1 Å². The molecule has 0 aliphatic carbocycles. The van der Waals surface area contributed by atoms with E-state index in [1.54, 1.807) is 11.8 Å². The molecule has 0 saturated carbocycles. The van der Waals surface area contributed by atoms with Gasteiger partial charge in [-0.2, -0.15) is 0 Å². The molecule has 1 aromatic rings. The predicted octanol–water partition coefficient (Wildman–Crippen LogP) is 1.73. The molecule has 21 heavy (non-hydrogen) atoms. The molecule has 6 heteroatoms. The van der Waals surface area contributed by atoms with Crippen LogP contribution in [0.1, 0.15) is 46.3 Å². The largest absolute Gasteiger partial charge is 0.478 e. The number of carboxylic acid groups (broad SMARTS) is 1. The minimum absolute atomic E-state index is 0.0760. The molecule has 1 amide bonds. The van der Waals surface area contributed by atoms with Crippen LogP contribution < -0.4 is 0 Å². The van der Waals surface area contributed by atoms with E-state index in [2.05, 4.69) is 4.98 Å². The maximum atomic E-state index is 12.4. The van der Waals surface area contributed by atoms with E-state index in [-0.39, 0.29) is 23.3 Å². The van der Waals surface area contributed by atoms with Gasteiger partial charge in [0.25, 0.3) is 5.91 Å². The van der Waals surface area contributed by atoms with Crippen molar-refractivity contribution in [3.63, 3.8) is 0 Å². The van der Waals surface area contributed by atoms with Gasteiger partial charge in [-0.3, -0.25) is 4.79 Å². The van der Waals surface area contributed by atoms with Gasteiger partial charge in [0, 0.05) is 19.7 Å². The van der Waals surface area contributed by atoms with E-state index in [0.717, 1.165) is 12.8 Å². The van der Waals surface area contributed by atoms with Crippen LogP contribution in [0.25, 0.3) is 0 Å². The Morgan fingerprint density at radius 1 is 1.48 bits per heavy atom. The van der Waals surface area contributed by atoms with Crippen molar-refractivity contribution in [2.24, 2.45) is 0 Å². The number of amides is 1. The monoisotopic (exact) mass is 292 g/mol. The molecule has 2 heterocycles. The molecule has 1 N–H and O–H groups in total. The molecule has 1 aliphatic heterocycles. The molecule has 6 nitrogen and oxygen atoms in total. The SMILES string of the molecule is CCOC1CCCN(C(=O)c2ccc(C(=O)O)c(C)n2)C1. The van der Waals surface area contributed by atoms with Crippen molar-refractivity contribution < 1.29 is 19.4 Å². The molecule has 0 radical (unpaired) electrons. The van der Waals surface area contributed by atoms with Crippen molar-refractivity contribution >= 4 is 11.9 Å². The highest BCUT2D eigenvalue weighted by Gasteiger charge is 2.25. The Morgan fingerprint density at radius 3 is 2.86 bits per heavy atom. The lowest BCUT2D eigenvalue weighted by Crippen LogP contribution is -2.43. The van der Waals surface area contributed by atoms with Crippen LogP contribution in [-0.4, -0.2) is 52.7 Å². The standard InChI is InChI=1S/C15H20N2O4/c1-3-21-11-5-4-8-17(9-11)14(18)13-7-6-12(15(19)20)10(2)16-13/h6-7,11H,3-5,8-9H2,1-2H3,(H,19,20). The first-order valence-electron chi connectivity index (χ1n) is 7.14.